The van der Waals surface area contributed by atoms with Crippen LogP contribution in [0, 0.1) is 19.8 Å². The predicted molar refractivity (Wildman–Crippen MR) is 124 cm³/mol. The number of carbonyl (C=O) groups is 2. The van der Waals surface area contributed by atoms with Gasteiger partial charge < -0.3 is 15.0 Å². The molecule has 1 aliphatic rings. The number of hydrogen-bond acceptors (Lipinski definition) is 8. The molecule has 9 nitrogen and oxygen atoms in total. The molecule has 0 atom stereocenters. The highest BCUT2D eigenvalue weighted by Gasteiger charge is 2.28. The van der Waals surface area contributed by atoms with Crippen molar-refractivity contribution in [3.63, 3.8) is 0 Å². The first kappa shape index (κ1) is 22.2. The maximum absolute atomic E-state index is 12.5. The molecule has 170 valence electrons. The summed E-state index contributed by atoms with van der Waals surface area (Å²) in [6.07, 6.45) is 4.56. The topological polar surface area (TPSA) is 102 Å². The highest BCUT2D eigenvalue weighted by atomic mass is 32.1. The van der Waals surface area contributed by atoms with Gasteiger partial charge in [0.1, 0.15) is 22.8 Å². The summed E-state index contributed by atoms with van der Waals surface area (Å²) in [5.74, 6) is 0.606. The molecular formula is C22H28N6O3S. The zero-order valence-electron chi connectivity index (χ0n) is 18.8. The normalized spacial score (nSPS) is 14.8. The Morgan fingerprint density at radius 1 is 1.25 bits per heavy atom. The van der Waals surface area contributed by atoms with Crippen molar-refractivity contribution in [2.45, 2.75) is 46.6 Å². The van der Waals surface area contributed by atoms with Gasteiger partial charge in [-0.2, -0.15) is 5.10 Å². The van der Waals surface area contributed by atoms with Crippen molar-refractivity contribution in [3.8, 4) is 0 Å². The Morgan fingerprint density at radius 2 is 2.00 bits per heavy atom. The van der Waals surface area contributed by atoms with E-state index >= 15 is 0 Å². The molecule has 0 aliphatic carbocycles. The quantitative estimate of drug-likeness (QED) is 0.567. The van der Waals surface area contributed by atoms with Crippen LogP contribution in [0.15, 0.2) is 18.6 Å². The van der Waals surface area contributed by atoms with Crippen molar-refractivity contribution in [3.05, 3.63) is 29.0 Å². The predicted octanol–water partition coefficient (Wildman–Crippen LogP) is 3.48. The van der Waals surface area contributed by atoms with Crippen molar-refractivity contribution >= 4 is 45.1 Å². The molecule has 1 fully saturated rings. The third-order valence-electron chi connectivity index (χ3n) is 5.85. The first-order chi connectivity index (χ1) is 15.3. The summed E-state index contributed by atoms with van der Waals surface area (Å²) in [5, 5.41) is 8.03. The Bertz CT molecular complexity index is 1130. The second-order valence-electron chi connectivity index (χ2n) is 8.33. The van der Waals surface area contributed by atoms with Crippen molar-refractivity contribution in [1.82, 2.24) is 19.7 Å². The van der Waals surface area contributed by atoms with Gasteiger partial charge in [0.2, 0.25) is 0 Å². The molecule has 1 N–H and O–H groups in total. The third kappa shape index (κ3) is 4.45. The SMILES string of the molecule is Cc1sc2ncnc(N3CCC(C(=O)OCC(=O)Nc4ccnn4C(C)C)CC3)c2c1C. The number of hydrogen-bond donors (Lipinski definition) is 1. The van der Waals surface area contributed by atoms with E-state index in [0.717, 1.165) is 16.0 Å². The number of aromatic nitrogens is 4. The average Bonchev–Trinajstić information content (AvgIpc) is 3.36. The largest absolute Gasteiger partial charge is 0.455 e. The maximum Gasteiger partial charge on any atom is 0.309 e. The number of amides is 1. The van der Waals surface area contributed by atoms with Gasteiger partial charge in [-0.25, -0.2) is 14.6 Å². The minimum atomic E-state index is -0.370. The first-order valence-electron chi connectivity index (χ1n) is 10.8. The number of carbonyl (C=O) groups excluding carboxylic acids is 2. The molecule has 4 heterocycles. The number of esters is 1. The summed E-state index contributed by atoms with van der Waals surface area (Å²) in [4.78, 5) is 38.1. The van der Waals surface area contributed by atoms with Gasteiger partial charge in [-0.3, -0.25) is 9.59 Å². The van der Waals surface area contributed by atoms with Crippen molar-refractivity contribution < 1.29 is 14.3 Å². The Labute approximate surface area is 190 Å². The van der Waals surface area contributed by atoms with E-state index in [0.29, 0.717) is 31.7 Å². The fourth-order valence-corrected chi connectivity index (χ4v) is 4.98. The van der Waals surface area contributed by atoms with Crippen LogP contribution in [0.25, 0.3) is 10.2 Å². The lowest BCUT2D eigenvalue weighted by molar-refractivity contribution is -0.152. The molecular weight excluding hydrogens is 428 g/mol. The summed E-state index contributed by atoms with van der Waals surface area (Å²) < 4.78 is 7.01. The van der Waals surface area contributed by atoms with E-state index in [4.69, 9.17) is 4.74 Å². The molecule has 0 saturated carbocycles. The number of rotatable bonds is 6. The molecule has 32 heavy (non-hydrogen) atoms. The number of ether oxygens (including phenoxy) is 1. The van der Waals surface area contributed by atoms with Crippen LogP contribution in [0.5, 0.6) is 0 Å². The smallest absolute Gasteiger partial charge is 0.309 e. The Morgan fingerprint density at radius 3 is 2.72 bits per heavy atom. The zero-order valence-corrected chi connectivity index (χ0v) is 19.6. The van der Waals surface area contributed by atoms with Crippen LogP contribution in [-0.4, -0.2) is 51.3 Å². The van der Waals surface area contributed by atoms with Crippen molar-refractivity contribution in [2.24, 2.45) is 5.92 Å². The van der Waals surface area contributed by atoms with Gasteiger partial charge in [-0.05, 0) is 46.1 Å². The number of fused-ring (bicyclic) bond motifs is 1. The highest BCUT2D eigenvalue weighted by Crippen LogP contribution is 2.35. The van der Waals surface area contributed by atoms with E-state index in [9.17, 15) is 9.59 Å². The van der Waals surface area contributed by atoms with Crippen LogP contribution >= 0.6 is 11.3 Å². The number of anilines is 2. The lowest BCUT2D eigenvalue weighted by Gasteiger charge is -2.32. The van der Waals surface area contributed by atoms with Crippen LogP contribution < -0.4 is 10.2 Å². The molecule has 0 aromatic carbocycles. The van der Waals surface area contributed by atoms with E-state index < -0.39 is 0 Å². The molecule has 0 spiro atoms. The first-order valence-corrected chi connectivity index (χ1v) is 11.6. The highest BCUT2D eigenvalue weighted by molar-refractivity contribution is 7.18. The Balaban J connectivity index is 1.30. The molecule has 0 radical (unpaired) electrons. The van der Waals surface area contributed by atoms with Gasteiger partial charge in [0.05, 0.1) is 17.5 Å². The molecule has 3 aromatic rings. The van der Waals surface area contributed by atoms with E-state index in [2.05, 4.69) is 39.1 Å². The standard InChI is InChI=1S/C22H28N6O3S/c1-13(2)28-17(5-8-25-28)26-18(29)11-31-22(30)16-6-9-27(10-7-16)20-19-14(3)15(4)32-21(19)24-12-23-20/h5,8,12-13,16H,6-7,9-11H2,1-4H3,(H,26,29). The van der Waals surface area contributed by atoms with E-state index in [-0.39, 0.29) is 30.4 Å². The molecule has 0 unspecified atom stereocenters. The third-order valence-corrected chi connectivity index (χ3v) is 6.96. The Hall–Kier alpha value is -3.01. The van der Waals surface area contributed by atoms with Crippen LogP contribution in [0.1, 0.15) is 43.2 Å². The number of nitrogens with zero attached hydrogens (tertiary/aromatic N) is 5. The van der Waals surface area contributed by atoms with Gasteiger partial charge in [0.15, 0.2) is 6.61 Å². The van der Waals surface area contributed by atoms with Crippen molar-refractivity contribution in [1.29, 1.82) is 0 Å². The maximum atomic E-state index is 12.5. The van der Waals surface area contributed by atoms with Gasteiger partial charge in [0.25, 0.3) is 5.91 Å². The Kier molecular flexibility index (Phi) is 6.40. The molecule has 1 amide bonds. The molecule has 3 aromatic heterocycles. The fraction of sp³-hybridized carbons (Fsp3) is 0.500. The number of aryl methyl sites for hydroxylation is 2. The molecule has 1 aliphatic heterocycles. The van der Waals surface area contributed by atoms with Crippen LogP contribution in [0.4, 0.5) is 11.6 Å². The molecule has 1 saturated heterocycles. The summed E-state index contributed by atoms with van der Waals surface area (Å²) in [6.45, 7) is 9.26. The van der Waals surface area contributed by atoms with Gasteiger partial charge in [-0.15, -0.1) is 11.3 Å². The average molecular weight is 457 g/mol. The second kappa shape index (κ2) is 9.23. The number of nitrogens with one attached hydrogen (secondary N) is 1. The molecule has 10 heteroatoms. The lowest BCUT2D eigenvalue weighted by Crippen LogP contribution is -2.38. The van der Waals surface area contributed by atoms with E-state index in [1.807, 2.05) is 13.8 Å². The van der Waals surface area contributed by atoms with Crippen molar-refractivity contribution in [2.75, 3.05) is 29.9 Å². The van der Waals surface area contributed by atoms with Gasteiger partial charge in [-0.1, -0.05) is 0 Å². The zero-order chi connectivity index (χ0) is 22.8. The molecule has 4 rings (SSSR count). The van der Waals surface area contributed by atoms with Crippen LogP contribution in [0.2, 0.25) is 0 Å². The van der Waals surface area contributed by atoms with E-state index in [1.165, 1.54) is 10.4 Å². The molecule has 0 bridgehead atoms. The number of thiophene rings is 1. The summed E-state index contributed by atoms with van der Waals surface area (Å²) in [6, 6.07) is 1.84. The van der Waals surface area contributed by atoms with Gasteiger partial charge >= 0.3 is 5.97 Å². The summed E-state index contributed by atoms with van der Waals surface area (Å²) in [5.41, 5.74) is 1.21. The minimum Gasteiger partial charge on any atom is -0.455 e. The fourth-order valence-electron chi connectivity index (χ4n) is 3.99. The van der Waals surface area contributed by atoms with Crippen LogP contribution in [0.3, 0.4) is 0 Å². The van der Waals surface area contributed by atoms with Crippen LogP contribution in [-0.2, 0) is 14.3 Å². The summed E-state index contributed by atoms with van der Waals surface area (Å²) >= 11 is 1.68. The summed E-state index contributed by atoms with van der Waals surface area (Å²) in [7, 11) is 0. The monoisotopic (exact) mass is 456 g/mol. The van der Waals surface area contributed by atoms with E-state index in [1.54, 1.807) is 34.6 Å². The minimum absolute atomic E-state index is 0.117. The second-order valence-corrected chi connectivity index (χ2v) is 9.54. The van der Waals surface area contributed by atoms with Gasteiger partial charge in [0, 0.05) is 30.1 Å². The number of piperidine rings is 1. The lowest BCUT2D eigenvalue weighted by atomic mass is 9.97.